The zero-order chi connectivity index (χ0) is 8.54. The maximum absolute atomic E-state index is 10.7. The highest BCUT2D eigenvalue weighted by Crippen LogP contribution is 2.34. The molecular formula is C6H9ClO3S. The molecule has 1 aliphatic heterocycles. The molecular weight excluding hydrogens is 188 g/mol. The smallest absolute Gasteiger partial charge is 0.152 e. The van der Waals surface area contributed by atoms with Crippen molar-refractivity contribution in [2.45, 2.75) is 6.42 Å². The van der Waals surface area contributed by atoms with Gasteiger partial charge in [0, 0.05) is 5.88 Å². The average molecular weight is 197 g/mol. The molecule has 0 N–H and O–H groups in total. The van der Waals surface area contributed by atoms with E-state index in [0.717, 1.165) is 6.29 Å². The van der Waals surface area contributed by atoms with E-state index in [0.29, 0.717) is 12.3 Å². The van der Waals surface area contributed by atoms with Crippen LogP contribution in [-0.2, 0) is 14.6 Å². The van der Waals surface area contributed by atoms with Crippen LogP contribution in [0.3, 0.4) is 0 Å². The van der Waals surface area contributed by atoms with Gasteiger partial charge in [-0.1, -0.05) is 0 Å². The molecule has 0 saturated carbocycles. The zero-order valence-corrected chi connectivity index (χ0v) is 7.49. The largest absolute Gasteiger partial charge is 0.303 e. The van der Waals surface area contributed by atoms with E-state index < -0.39 is 15.3 Å². The van der Waals surface area contributed by atoms with Crippen molar-refractivity contribution in [1.29, 1.82) is 0 Å². The molecule has 1 rings (SSSR count). The summed E-state index contributed by atoms with van der Waals surface area (Å²) in [4.78, 5) is 10.5. The van der Waals surface area contributed by atoms with Crippen LogP contribution in [0.2, 0.25) is 0 Å². The van der Waals surface area contributed by atoms with Crippen LogP contribution in [0.4, 0.5) is 0 Å². The lowest BCUT2D eigenvalue weighted by Crippen LogP contribution is -2.49. The molecule has 1 saturated heterocycles. The first-order valence-corrected chi connectivity index (χ1v) is 5.62. The topological polar surface area (TPSA) is 51.2 Å². The molecule has 0 spiro atoms. The van der Waals surface area contributed by atoms with Gasteiger partial charge in [-0.05, 0) is 6.42 Å². The summed E-state index contributed by atoms with van der Waals surface area (Å²) in [5.41, 5.74) is -0.652. The molecule has 0 aromatic heterocycles. The first-order valence-electron chi connectivity index (χ1n) is 3.26. The van der Waals surface area contributed by atoms with Gasteiger partial charge in [0.25, 0.3) is 0 Å². The quantitative estimate of drug-likeness (QED) is 0.480. The predicted octanol–water partition coefficient (Wildman–Crippen LogP) is 0.229. The van der Waals surface area contributed by atoms with E-state index >= 15 is 0 Å². The number of rotatable bonds is 3. The van der Waals surface area contributed by atoms with Gasteiger partial charge < -0.3 is 4.79 Å². The summed E-state index contributed by atoms with van der Waals surface area (Å²) in [5.74, 6) is 0.306. The van der Waals surface area contributed by atoms with Gasteiger partial charge in [-0.25, -0.2) is 8.42 Å². The molecule has 0 radical (unpaired) electrons. The predicted molar refractivity (Wildman–Crippen MR) is 42.5 cm³/mol. The second kappa shape index (κ2) is 2.75. The number of carbonyl (C=O) groups excluding carboxylic acids is 1. The third-order valence-corrected chi connectivity index (χ3v) is 4.08. The lowest BCUT2D eigenvalue weighted by molar-refractivity contribution is -0.115. The van der Waals surface area contributed by atoms with Gasteiger partial charge in [-0.15, -0.1) is 11.6 Å². The number of carbonyl (C=O) groups is 1. The summed E-state index contributed by atoms with van der Waals surface area (Å²) in [7, 11) is -2.91. The number of halogens is 1. The highest BCUT2D eigenvalue weighted by atomic mass is 35.5. The van der Waals surface area contributed by atoms with Crippen LogP contribution in [0.25, 0.3) is 0 Å². The molecule has 0 aliphatic carbocycles. The molecule has 1 heterocycles. The second-order valence-electron chi connectivity index (χ2n) is 2.95. The Kier molecular flexibility index (Phi) is 2.25. The minimum Gasteiger partial charge on any atom is -0.303 e. The first kappa shape index (κ1) is 9.00. The van der Waals surface area contributed by atoms with Gasteiger partial charge in [-0.3, -0.25) is 0 Å². The molecule has 11 heavy (non-hydrogen) atoms. The van der Waals surface area contributed by atoms with Crippen LogP contribution in [0.1, 0.15) is 6.42 Å². The van der Waals surface area contributed by atoms with E-state index in [1.807, 2.05) is 0 Å². The fourth-order valence-corrected chi connectivity index (χ4v) is 3.76. The van der Waals surface area contributed by atoms with Gasteiger partial charge in [-0.2, -0.15) is 0 Å². The summed E-state index contributed by atoms with van der Waals surface area (Å²) in [6, 6.07) is 0. The molecule has 0 unspecified atom stereocenters. The summed E-state index contributed by atoms with van der Waals surface area (Å²) in [5, 5.41) is 0. The van der Waals surface area contributed by atoms with Gasteiger partial charge in [0.2, 0.25) is 0 Å². The Morgan fingerprint density at radius 1 is 1.45 bits per heavy atom. The molecule has 3 nitrogen and oxygen atoms in total. The summed E-state index contributed by atoms with van der Waals surface area (Å²) < 4.78 is 21.5. The van der Waals surface area contributed by atoms with Gasteiger partial charge >= 0.3 is 0 Å². The standard InChI is InChI=1S/C6H9ClO3S/c7-2-1-6(3-8)4-11(9,10)5-6/h3H,1-2,4-5H2. The van der Waals surface area contributed by atoms with Crippen LogP contribution in [0, 0.1) is 5.41 Å². The maximum Gasteiger partial charge on any atom is 0.152 e. The number of alkyl halides is 1. The monoisotopic (exact) mass is 196 g/mol. The van der Waals surface area contributed by atoms with Crippen molar-refractivity contribution in [2.24, 2.45) is 5.41 Å². The summed E-state index contributed by atoms with van der Waals surface area (Å²) in [6.45, 7) is 0. The van der Waals surface area contributed by atoms with Crippen LogP contribution in [0.5, 0.6) is 0 Å². The fourth-order valence-electron chi connectivity index (χ4n) is 1.29. The van der Waals surface area contributed by atoms with Crippen molar-refractivity contribution in [2.75, 3.05) is 17.4 Å². The summed E-state index contributed by atoms with van der Waals surface area (Å²) in [6.07, 6.45) is 1.19. The van der Waals surface area contributed by atoms with E-state index in [1.54, 1.807) is 0 Å². The third-order valence-electron chi connectivity index (χ3n) is 1.86. The lowest BCUT2D eigenvalue weighted by atomic mass is 9.91. The normalized spacial score (nSPS) is 25.5. The molecule has 0 amide bonds. The minimum absolute atomic E-state index is 0.0176. The molecule has 0 aromatic carbocycles. The van der Waals surface area contributed by atoms with Crippen LogP contribution < -0.4 is 0 Å². The van der Waals surface area contributed by atoms with Crippen molar-refractivity contribution >= 4 is 27.7 Å². The van der Waals surface area contributed by atoms with E-state index in [4.69, 9.17) is 11.6 Å². The van der Waals surface area contributed by atoms with E-state index in [1.165, 1.54) is 0 Å². The molecule has 0 atom stereocenters. The van der Waals surface area contributed by atoms with Crippen LogP contribution in [-0.4, -0.2) is 32.1 Å². The first-order chi connectivity index (χ1) is 5.04. The van der Waals surface area contributed by atoms with Crippen LogP contribution >= 0.6 is 11.6 Å². The lowest BCUT2D eigenvalue weighted by Gasteiger charge is -2.35. The van der Waals surface area contributed by atoms with Gasteiger partial charge in [0.05, 0.1) is 16.9 Å². The molecule has 1 fully saturated rings. The van der Waals surface area contributed by atoms with Crippen molar-refractivity contribution in [3.8, 4) is 0 Å². The Bertz CT molecular complexity index is 245. The Morgan fingerprint density at radius 2 is 2.00 bits per heavy atom. The molecule has 1 aliphatic rings. The summed E-state index contributed by atoms with van der Waals surface area (Å²) >= 11 is 5.42. The van der Waals surface area contributed by atoms with Crippen molar-refractivity contribution in [1.82, 2.24) is 0 Å². The SMILES string of the molecule is O=CC1(CCCl)CS(=O)(=O)C1. The van der Waals surface area contributed by atoms with Crippen molar-refractivity contribution in [3.63, 3.8) is 0 Å². The number of sulfone groups is 1. The maximum atomic E-state index is 10.7. The third kappa shape index (κ3) is 1.73. The second-order valence-corrected chi connectivity index (χ2v) is 5.39. The van der Waals surface area contributed by atoms with Gasteiger partial charge in [0.15, 0.2) is 9.84 Å². The van der Waals surface area contributed by atoms with E-state index in [-0.39, 0.29) is 11.5 Å². The van der Waals surface area contributed by atoms with Crippen molar-refractivity contribution < 1.29 is 13.2 Å². The molecule has 0 bridgehead atoms. The fraction of sp³-hybridized carbons (Fsp3) is 0.833. The number of aldehydes is 1. The Hall–Kier alpha value is -0.0900. The Morgan fingerprint density at radius 3 is 2.27 bits per heavy atom. The van der Waals surface area contributed by atoms with E-state index in [9.17, 15) is 13.2 Å². The van der Waals surface area contributed by atoms with Crippen LogP contribution in [0.15, 0.2) is 0 Å². The number of hydrogen-bond acceptors (Lipinski definition) is 3. The average Bonchev–Trinajstić information content (AvgIpc) is 1.84. The minimum atomic E-state index is -2.91. The highest BCUT2D eigenvalue weighted by Gasteiger charge is 2.47. The highest BCUT2D eigenvalue weighted by molar-refractivity contribution is 7.93. The Labute approximate surface area is 70.6 Å². The van der Waals surface area contributed by atoms with Gasteiger partial charge in [0.1, 0.15) is 6.29 Å². The molecule has 64 valence electrons. The molecule has 0 aromatic rings. The van der Waals surface area contributed by atoms with Crippen molar-refractivity contribution in [3.05, 3.63) is 0 Å². The van der Waals surface area contributed by atoms with E-state index in [2.05, 4.69) is 0 Å². The number of hydrogen-bond donors (Lipinski definition) is 0. The Balaban J connectivity index is 2.64. The zero-order valence-electron chi connectivity index (χ0n) is 5.92. The molecule has 5 heteroatoms.